The minimum absolute atomic E-state index is 0.00130. The van der Waals surface area contributed by atoms with Gasteiger partial charge in [-0.3, -0.25) is 9.36 Å². The largest absolute Gasteiger partial charge is 0.463 e. The molecular formula is C8H7NO2. The fourth-order valence-corrected chi connectivity index (χ4v) is 1.14. The van der Waals surface area contributed by atoms with E-state index < -0.39 is 0 Å². The van der Waals surface area contributed by atoms with Gasteiger partial charge in [-0.05, 0) is 6.07 Å². The Labute approximate surface area is 63.2 Å². The molecule has 11 heavy (non-hydrogen) atoms. The van der Waals surface area contributed by atoms with Crippen molar-refractivity contribution in [3.63, 3.8) is 0 Å². The van der Waals surface area contributed by atoms with Crippen LogP contribution in [0.3, 0.4) is 0 Å². The third-order valence-electron chi connectivity index (χ3n) is 1.65. The highest BCUT2D eigenvalue weighted by molar-refractivity contribution is 5.88. The minimum atomic E-state index is 0.00130. The quantitative estimate of drug-likeness (QED) is 0.573. The number of hydrogen-bond donors (Lipinski definition) is 0. The zero-order valence-corrected chi connectivity index (χ0v) is 6.07. The number of furan rings is 1. The molecule has 2 aromatic heterocycles. The molecule has 0 saturated carbocycles. The summed E-state index contributed by atoms with van der Waals surface area (Å²) in [7, 11) is 0. The van der Waals surface area contributed by atoms with E-state index in [1.807, 2.05) is 0 Å². The maximum absolute atomic E-state index is 10.9. The molecular weight excluding hydrogens is 142 g/mol. The highest BCUT2D eigenvalue weighted by atomic mass is 16.3. The summed E-state index contributed by atoms with van der Waals surface area (Å²) in [6.45, 7) is 1.52. The van der Waals surface area contributed by atoms with E-state index in [1.165, 1.54) is 6.92 Å². The predicted octanol–water partition coefficient (Wildman–Crippen LogP) is 1.89. The maximum atomic E-state index is 10.9. The third-order valence-corrected chi connectivity index (χ3v) is 1.65. The van der Waals surface area contributed by atoms with Gasteiger partial charge in [0.15, 0.2) is 5.58 Å². The molecule has 0 aliphatic heterocycles. The second-order valence-corrected chi connectivity index (χ2v) is 2.37. The first kappa shape index (κ1) is 6.22. The van der Waals surface area contributed by atoms with Gasteiger partial charge in [-0.2, -0.15) is 0 Å². The van der Waals surface area contributed by atoms with Crippen LogP contribution in [0.4, 0.5) is 0 Å². The summed E-state index contributed by atoms with van der Waals surface area (Å²) in [5.74, 6) is 0.00130. The maximum Gasteiger partial charge on any atom is 0.228 e. The molecule has 0 saturated heterocycles. The Bertz CT molecular complexity index is 397. The van der Waals surface area contributed by atoms with Crippen LogP contribution >= 0.6 is 0 Å². The molecule has 56 valence electrons. The number of carbonyl (C=O) groups is 1. The van der Waals surface area contributed by atoms with Crippen LogP contribution < -0.4 is 0 Å². The van der Waals surface area contributed by atoms with E-state index >= 15 is 0 Å². The van der Waals surface area contributed by atoms with Gasteiger partial charge in [-0.25, -0.2) is 0 Å². The van der Waals surface area contributed by atoms with Gasteiger partial charge in [-0.15, -0.1) is 0 Å². The van der Waals surface area contributed by atoms with Crippen LogP contribution in [-0.4, -0.2) is 10.5 Å². The topological polar surface area (TPSA) is 35.1 Å². The number of fused-ring (bicyclic) bond motifs is 1. The lowest BCUT2D eigenvalue weighted by Crippen LogP contribution is -2.01. The molecule has 0 fully saturated rings. The van der Waals surface area contributed by atoms with Crippen LogP contribution in [0.2, 0.25) is 0 Å². The van der Waals surface area contributed by atoms with Gasteiger partial charge in [0.05, 0.1) is 11.8 Å². The van der Waals surface area contributed by atoms with Crippen molar-refractivity contribution in [1.82, 2.24) is 4.57 Å². The SMILES string of the molecule is CC(=O)n1ccc2occc21. The average molecular weight is 149 g/mol. The molecule has 0 bridgehead atoms. The Morgan fingerprint density at radius 1 is 1.55 bits per heavy atom. The molecule has 0 aliphatic carbocycles. The average Bonchev–Trinajstić information content (AvgIpc) is 2.41. The van der Waals surface area contributed by atoms with Crippen molar-refractivity contribution in [3.8, 4) is 0 Å². The van der Waals surface area contributed by atoms with Crippen molar-refractivity contribution in [1.29, 1.82) is 0 Å². The lowest BCUT2D eigenvalue weighted by molar-refractivity contribution is 0.0941. The van der Waals surface area contributed by atoms with Crippen LogP contribution in [0.15, 0.2) is 29.0 Å². The molecule has 0 amide bonds. The number of rotatable bonds is 0. The molecule has 3 heteroatoms. The van der Waals surface area contributed by atoms with Gasteiger partial charge in [0.2, 0.25) is 5.91 Å². The van der Waals surface area contributed by atoms with Gasteiger partial charge >= 0.3 is 0 Å². The van der Waals surface area contributed by atoms with Crippen LogP contribution in [0.5, 0.6) is 0 Å². The Balaban J connectivity index is 2.78. The second-order valence-electron chi connectivity index (χ2n) is 2.37. The van der Waals surface area contributed by atoms with Crippen molar-refractivity contribution in [3.05, 3.63) is 24.6 Å². The van der Waals surface area contributed by atoms with Gasteiger partial charge in [0.25, 0.3) is 0 Å². The van der Waals surface area contributed by atoms with Gasteiger partial charge < -0.3 is 4.42 Å². The summed E-state index contributed by atoms with van der Waals surface area (Å²) in [4.78, 5) is 10.9. The summed E-state index contributed by atoms with van der Waals surface area (Å²) in [6.07, 6.45) is 3.28. The van der Waals surface area contributed by atoms with Crippen LogP contribution in [-0.2, 0) is 0 Å². The lowest BCUT2D eigenvalue weighted by Gasteiger charge is -1.92. The summed E-state index contributed by atoms with van der Waals surface area (Å²) in [6, 6.07) is 3.55. The van der Waals surface area contributed by atoms with E-state index in [2.05, 4.69) is 0 Å². The summed E-state index contributed by atoms with van der Waals surface area (Å²) in [5, 5.41) is 0. The van der Waals surface area contributed by atoms with Gasteiger partial charge in [0, 0.05) is 19.2 Å². The molecule has 0 radical (unpaired) electrons. The van der Waals surface area contributed by atoms with Crippen molar-refractivity contribution < 1.29 is 9.21 Å². The third kappa shape index (κ3) is 0.774. The summed E-state index contributed by atoms with van der Waals surface area (Å²) >= 11 is 0. The molecule has 0 spiro atoms. The van der Waals surface area contributed by atoms with Crippen molar-refractivity contribution in [2.24, 2.45) is 0 Å². The zero-order chi connectivity index (χ0) is 7.84. The van der Waals surface area contributed by atoms with Crippen LogP contribution in [0.1, 0.15) is 11.7 Å². The first-order valence-electron chi connectivity index (χ1n) is 3.34. The van der Waals surface area contributed by atoms with Crippen molar-refractivity contribution in [2.75, 3.05) is 0 Å². The van der Waals surface area contributed by atoms with Crippen molar-refractivity contribution in [2.45, 2.75) is 6.92 Å². The van der Waals surface area contributed by atoms with E-state index in [1.54, 1.807) is 29.2 Å². The standard InChI is InChI=1S/C8H7NO2/c1-6(10)9-4-2-8-7(9)3-5-11-8/h2-5H,1H3. The minimum Gasteiger partial charge on any atom is -0.463 e. The normalized spacial score (nSPS) is 10.6. The molecule has 0 unspecified atom stereocenters. The number of aromatic nitrogens is 1. The second kappa shape index (κ2) is 1.99. The summed E-state index contributed by atoms with van der Waals surface area (Å²) < 4.78 is 6.63. The highest BCUT2D eigenvalue weighted by Crippen LogP contribution is 2.15. The van der Waals surface area contributed by atoms with Crippen molar-refractivity contribution >= 4 is 17.0 Å². The molecule has 2 rings (SSSR count). The van der Waals surface area contributed by atoms with E-state index in [0.717, 1.165) is 11.1 Å². The Hall–Kier alpha value is -1.51. The fourth-order valence-electron chi connectivity index (χ4n) is 1.14. The number of nitrogens with zero attached hydrogens (tertiary/aromatic N) is 1. The van der Waals surface area contributed by atoms with E-state index in [4.69, 9.17) is 4.42 Å². The monoisotopic (exact) mass is 149 g/mol. The Morgan fingerprint density at radius 3 is 3.09 bits per heavy atom. The Kier molecular flexibility index (Phi) is 1.12. The fraction of sp³-hybridized carbons (Fsp3) is 0.125. The Morgan fingerprint density at radius 2 is 2.36 bits per heavy atom. The smallest absolute Gasteiger partial charge is 0.228 e. The van der Waals surface area contributed by atoms with E-state index in [-0.39, 0.29) is 5.91 Å². The van der Waals surface area contributed by atoms with Crippen LogP contribution in [0.25, 0.3) is 11.1 Å². The molecule has 0 atom stereocenters. The molecule has 2 heterocycles. The van der Waals surface area contributed by atoms with E-state index in [9.17, 15) is 4.79 Å². The first-order chi connectivity index (χ1) is 5.29. The first-order valence-corrected chi connectivity index (χ1v) is 3.34. The molecule has 0 aliphatic rings. The molecule has 3 nitrogen and oxygen atoms in total. The van der Waals surface area contributed by atoms with Gasteiger partial charge in [-0.1, -0.05) is 0 Å². The zero-order valence-electron chi connectivity index (χ0n) is 6.07. The predicted molar refractivity (Wildman–Crippen MR) is 40.5 cm³/mol. The van der Waals surface area contributed by atoms with Crippen LogP contribution in [0, 0.1) is 0 Å². The summed E-state index contributed by atoms with van der Waals surface area (Å²) in [5.41, 5.74) is 1.58. The van der Waals surface area contributed by atoms with E-state index in [0.29, 0.717) is 0 Å². The molecule has 2 aromatic rings. The number of carbonyl (C=O) groups excluding carboxylic acids is 1. The van der Waals surface area contributed by atoms with Gasteiger partial charge in [0.1, 0.15) is 0 Å². The number of hydrogen-bond acceptors (Lipinski definition) is 2. The molecule has 0 N–H and O–H groups in total. The highest BCUT2D eigenvalue weighted by Gasteiger charge is 2.04. The lowest BCUT2D eigenvalue weighted by atomic mass is 10.5. The molecule has 0 aromatic carbocycles.